The number of nitrogens with one attached hydrogen (secondary N) is 2. The lowest BCUT2D eigenvalue weighted by Gasteiger charge is -2.30. The Morgan fingerprint density at radius 2 is 1.90 bits per heavy atom. The van der Waals surface area contributed by atoms with Gasteiger partial charge in [-0.3, -0.25) is 4.79 Å². The van der Waals surface area contributed by atoms with Gasteiger partial charge in [0.15, 0.2) is 0 Å². The summed E-state index contributed by atoms with van der Waals surface area (Å²) in [6.45, 7) is 9.60. The summed E-state index contributed by atoms with van der Waals surface area (Å²) >= 11 is 0. The highest BCUT2D eigenvalue weighted by Gasteiger charge is 2.29. The molecule has 2 N–H and O–H groups in total. The Morgan fingerprint density at radius 1 is 1.25 bits per heavy atom. The Labute approximate surface area is 120 Å². The van der Waals surface area contributed by atoms with E-state index in [1.165, 1.54) is 0 Å². The molecule has 0 aromatic rings. The Balaban J connectivity index is 2.32. The fraction of sp³-hybridized carbons (Fsp3) is 0.857. The van der Waals surface area contributed by atoms with Crippen LogP contribution >= 0.6 is 0 Å². The van der Waals surface area contributed by atoms with E-state index >= 15 is 0 Å². The van der Waals surface area contributed by atoms with Crippen LogP contribution in [0, 0.1) is 0 Å². The maximum absolute atomic E-state index is 11.8. The molecule has 1 rings (SSSR count). The number of carbonyl (C=O) groups excluding carboxylic acids is 2. The fourth-order valence-corrected chi connectivity index (χ4v) is 1.92. The molecule has 1 unspecified atom stereocenters. The first-order valence-corrected chi connectivity index (χ1v) is 7.09. The van der Waals surface area contributed by atoms with Crippen LogP contribution in [0.3, 0.4) is 0 Å². The molecule has 0 bridgehead atoms. The van der Waals surface area contributed by atoms with E-state index in [0.29, 0.717) is 19.4 Å². The summed E-state index contributed by atoms with van der Waals surface area (Å²) in [5, 5.41) is 5.58. The maximum atomic E-state index is 11.8. The molecule has 0 radical (unpaired) electrons. The van der Waals surface area contributed by atoms with Crippen LogP contribution in [0.2, 0.25) is 0 Å². The molecule has 2 atom stereocenters. The minimum atomic E-state index is -0.515. The molecule has 116 valence electrons. The Morgan fingerprint density at radius 3 is 2.35 bits per heavy atom. The third-order valence-corrected chi connectivity index (χ3v) is 2.72. The predicted molar refractivity (Wildman–Crippen MR) is 75.4 cm³/mol. The van der Waals surface area contributed by atoms with Gasteiger partial charge in [0.25, 0.3) is 0 Å². The van der Waals surface area contributed by atoms with Gasteiger partial charge in [0, 0.05) is 6.04 Å². The highest BCUT2D eigenvalue weighted by atomic mass is 16.6. The molecule has 0 aliphatic carbocycles. The minimum absolute atomic E-state index is 0.0873. The average molecular weight is 286 g/mol. The summed E-state index contributed by atoms with van der Waals surface area (Å²) < 4.78 is 10.7. The molecule has 1 saturated heterocycles. The summed E-state index contributed by atoms with van der Waals surface area (Å²) in [5.74, 6) is -0.0873. The fourth-order valence-electron chi connectivity index (χ4n) is 1.92. The number of hydrogen-bond donors (Lipinski definition) is 2. The van der Waals surface area contributed by atoms with Crippen LogP contribution < -0.4 is 10.6 Å². The normalized spacial score (nSPS) is 23.3. The van der Waals surface area contributed by atoms with Crippen LogP contribution in [-0.4, -0.2) is 42.4 Å². The molecular weight excluding hydrogens is 260 g/mol. The van der Waals surface area contributed by atoms with Gasteiger partial charge in [0.2, 0.25) is 5.91 Å². The number of amides is 2. The Bertz CT molecular complexity index is 342. The first kappa shape index (κ1) is 16.8. The van der Waals surface area contributed by atoms with Gasteiger partial charge >= 0.3 is 6.09 Å². The van der Waals surface area contributed by atoms with E-state index < -0.39 is 17.8 Å². The van der Waals surface area contributed by atoms with E-state index in [1.807, 2.05) is 34.6 Å². The predicted octanol–water partition coefficient (Wildman–Crippen LogP) is 1.58. The van der Waals surface area contributed by atoms with Crippen molar-refractivity contribution in [2.75, 3.05) is 6.61 Å². The smallest absolute Gasteiger partial charge is 0.407 e. The molecule has 1 fully saturated rings. The van der Waals surface area contributed by atoms with Gasteiger partial charge in [-0.15, -0.1) is 0 Å². The van der Waals surface area contributed by atoms with Crippen LogP contribution in [-0.2, 0) is 14.3 Å². The lowest BCUT2D eigenvalue weighted by atomic mass is 10.0. The molecule has 20 heavy (non-hydrogen) atoms. The summed E-state index contributed by atoms with van der Waals surface area (Å²) in [5.41, 5.74) is -0.515. The molecule has 0 saturated carbocycles. The lowest BCUT2D eigenvalue weighted by Crippen LogP contribution is -2.49. The van der Waals surface area contributed by atoms with E-state index in [9.17, 15) is 9.59 Å². The van der Waals surface area contributed by atoms with E-state index in [4.69, 9.17) is 9.47 Å². The second-order valence-corrected chi connectivity index (χ2v) is 6.41. The third-order valence-electron chi connectivity index (χ3n) is 2.72. The van der Waals surface area contributed by atoms with Crippen LogP contribution in [0.25, 0.3) is 0 Å². The van der Waals surface area contributed by atoms with E-state index in [0.717, 1.165) is 0 Å². The lowest BCUT2D eigenvalue weighted by molar-refractivity contribution is -0.136. The quantitative estimate of drug-likeness (QED) is 0.826. The van der Waals surface area contributed by atoms with Crippen molar-refractivity contribution in [3.05, 3.63) is 0 Å². The zero-order valence-corrected chi connectivity index (χ0v) is 13.0. The van der Waals surface area contributed by atoms with E-state index in [2.05, 4.69) is 10.6 Å². The molecule has 0 spiro atoms. The SMILES string of the molecule is CC(C)NC(=O)[C@@H]1CCC(NC(=O)OC(C)(C)C)CO1. The second-order valence-electron chi connectivity index (χ2n) is 6.41. The van der Waals surface area contributed by atoms with Crippen LogP contribution in [0.15, 0.2) is 0 Å². The highest BCUT2D eigenvalue weighted by molar-refractivity contribution is 5.81. The van der Waals surface area contributed by atoms with Crippen LogP contribution in [0.5, 0.6) is 0 Å². The third kappa shape index (κ3) is 6.23. The molecule has 6 nitrogen and oxygen atoms in total. The van der Waals surface area contributed by atoms with Gasteiger partial charge in [-0.05, 0) is 47.5 Å². The van der Waals surface area contributed by atoms with Crippen molar-refractivity contribution in [2.24, 2.45) is 0 Å². The van der Waals surface area contributed by atoms with Gasteiger partial charge in [-0.25, -0.2) is 4.79 Å². The number of alkyl carbamates (subject to hydrolysis) is 1. The minimum Gasteiger partial charge on any atom is -0.444 e. The number of ether oxygens (including phenoxy) is 2. The first-order valence-electron chi connectivity index (χ1n) is 7.09. The molecule has 2 amide bonds. The second kappa shape index (κ2) is 6.92. The van der Waals surface area contributed by atoms with Crippen molar-refractivity contribution in [2.45, 2.75) is 71.2 Å². The molecule has 6 heteroatoms. The summed E-state index contributed by atoms with van der Waals surface area (Å²) in [6.07, 6.45) is 0.430. The largest absolute Gasteiger partial charge is 0.444 e. The summed E-state index contributed by atoms with van der Waals surface area (Å²) in [7, 11) is 0. The monoisotopic (exact) mass is 286 g/mol. The zero-order chi connectivity index (χ0) is 15.3. The van der Waals surface area contributed by atoms with E-state index in [-0.39, 0.29) is 18.0 Å². The first-order chi connectivity index (χ1) is 9.17. The molecule has 0 aromatic heterocycles. The average Bonchev–Trinajstić information content (AvgIpc) is 2.26. The van der Waals surface area contributed by atoms with Gasteiger partial charge in [0.05, 0.1) is 12.6 Å². The van der Waals surface area contributed by atoms with Crippen molar-refractivity contribution in [1.29, 1.82) is 0 Å². The topological polar surface area (TPSA) is 76.7 Å². The van der Waals surface area contributed by atoms with Crippen molar-refractivity contribution in [1.82, 2.24) is 10.6 Å². The maximum Gasteiger partial charge on any atom is 0.407 e. The Hall–Kier alpha value is -1.30. The van der Waals surface area contributed by atoms with Crippen molar-refractivity contribution in [3.63, 3.8) is 0 Å². The van der Waals surface area contributed by atoms with E-state index in [1.54, 1.807) is 0 Å². The summed E-state index contributed by atoms with van der Waals surface area (Å²) in [4.78, 5) is 23.4. The molecule has 1 heterocycles. The van der Waals surface area contributed by atoms with Gasteiger partial charge in [-0.2, -0.15) is 0 Å². The number of rotatable bonds is 3. The van der Waals surface area contributed by atoms with Gasteiger partial charge in [-0.1, -0.05) is 0 Å². The standard InChI is InChI=1S/C14H26N2O4/c1-9(2)15-12(17)11-7-6-10(8-19-11)16-13(18)20-14(3,4)5/h9-11H,6-8H2,1-5H3,(H,15,17)(H,16,18)/t10?,11-/m0/s1. The highest BCUT2D eigenvalue weighted by Crippen LogP contribution is 2.15. The molecule has 1 aliphatic rings. The van der Waals surface area contributed by atoms with Crippen molar-refractivity contribution < 1.29 is 19.1 Å². The number of carbonyl (C=O) groups is 2. The Kier molecular flexibility index (Phi) is 5.80. The van der Waals surface area contributed by atoms with Crippen LogP contribution in [0.1, 0.15) is 47.5 Å². The van der Waals surface area contributed by atoms with Crippen molar-refractivity contribution in [3.8, 4) is 0 Å². The van der Waals surface area contributed by atoms with Crippen LogP contribution in [0.4, 0.5) is 4.79 Å². The molecule has 0 aromatic carbocycles. The van der Waals surface area contributed by atoms with Crippen molar-refractivity contribution >= 4 is 12.0 Å². The molecular formula is C14H26N2O4. The van der Waals surface area contributed by atoms with Gasteiger partial charge in [0.1, 0.15) is 11.7 Å². The number of hydrogen-bond acceptors (Lipinski definition) is 4. The zero-order valence-electron chi connectivity index (χ0n) is 13.0. The summed E-state index contributed by atoms with van der Waals surface area (Å²) in [6, 6.07) is -0.00309. The van der Waals surface area contributed by atoms with Gasteiger partial charge < -0.3 is 20.1 Å². The molecule has 1 aliphatic heterocycles.